The SMILES string of the molecule is Cc1cc(Cl)c(C(=O)N2CCCC(CC(=O)O)C2)cc1F. The lowest BCUT2D eigenvalue weighted by Gasteiger charge is -2.32. The van der Waals surface area contributed by atoms with E-state index in [4.69, 9.17) is 16.7 Å². The first-order valence-electron chi connectivity index (χ1n) is 6.85. The molecule has 0 bridgehead atoms. The van der Waals surface area contributed by atoms with E-state index in [1.54, 1.807) is 11.8 Å². The smallest absolute Gasteiger partial charge is 0.303 e. The van der Waals surface area contributed by atoms with Crippen molar-refractivity contribution in [2.45, 2.75) is 26.2 Å². The minimum atomic E-state index is -0.867. The second kappa shape index (κ2) is 6.43. The summed E-state index contributed by atoms with van der Waals surface area (Å²) in [7, 11) is 0. The molecule has 0 aliphatic carbocycles. The number of carboxylic acids is 1. The number of hydrogen-bond acceptors (Lipinski definition) is 2. The molecule has 4 nitrogen and oxygen atoms in total. The summed E-state index contributed by atoms with van der Waals surface area (Å²) in [4.78, 5) is 24.8. The van der Waals surface area contributed by atoms with Crippen LogP contribution in [0.5, 0.6) is 0 Å². The number of nitrogens with zero attached hydrogens (tertiary/aromatic N) is 1. The third-order valence-corrected chi connectivity index (χ3v) is 4.06. The van der Waals surface area contributed by atoms with E-state index in [-0.39, 0.29) is 28.8 Å². The van der Waals surface area contributed by atoms with Gasteiger partial charge in [0.25, 0.3) is 5.91 Å². The van der Waals surface area contributed by atoms with Gasteiger partial charge in [0.2, 0.25) is 0 Å². The van der Waals surface area contributed by atoms with E-state index in [9.17, 15) is 14.0 Å². The summed E-state index contributed by atoms with van der Waals surface area (Å²) in [5.41, 5.74) is 0.523. The summed E-state index contributed by atoms with van der Waals surface area (Å²) in [6.45, 7) is 2.50. The van der Waals surface area contributed by atoms with Crippen LogP contribution in [0.3, 0.4) is 0 Å². The lowest BCUT2D eigenvalue weighted by Crippen LogP contribution is -2.40. The van der Waals surface area contributed by atoms with Crippen LogP contribution >= 0.6 is 11.6 Å². The number of amides is 1. The number of piperidine rings is 1. The number of rotatable bonds is 3. The standard InChI is InChI=1S/C15H17ClFNO3/c1-9-5-12(16)11(7-13(9)17)15(21)18-4-2-3-10(8-18)6-14(19)20/h5,7,10H,2-4,6,8H2,1H3,(H,19,20). The number of halogens is 2. The van der Waals surface area contributed by atoms with Crippen LogP contribution in [0, 0.1) is 18.7 Å². The highest BCUT2D eigenvalue weighted by atomic mass is 35.5. The fourth-order valence-corrected chi connectivity index (χ4v) is 2.94. The molecule has 1 heterocycles. The Bertz CT molecular complexity index is 576. The number of aliphatic carboxylic acids is 1. The van der Waals surface area contributed by atoms with Gasteiger partial charge in [-0.1, -0.05) is 11.6 Å². The van der Waals surface area contributed by atoms with Crippen molar-refractivity contribution >= 4 is 23.5 Å². The Morgan fingerprint density at radius 2 is 2.19 bits per heavy atom. The largest absolute Gasteiger partial charge is 0.481 e. The van der Waals surface area contributed by atoms with Crippen molar-refractivity contribution in [3.63, 3.8) is 0 Å². The first kappa shape index (κ1) is 15.8. The number of carbonyl (C=O) groups excluding carboxylic acids is 1. The summed E-state index contributed by atoms with van der Waals surface area (Å²) in [6.07, 6.45) is 1.57. The zero-order valence-electron chi connectivity index (χ0n) is 11.7. The van der Waals surface area contributed by atoms with Gasteiger partial charge < -0.3 is 10.0 Å². The maximum atomic E-state index is 13.6. The van der Waals surface area contributed by atoms with Gasteiger partial charge in [0.15, 0.2) is 0 Å². The molecule has 0 spiro atoms. The molecule has 1 fully saturated rings. The number of benzene rings is 1. The molecule has 0 aromatic heterocycles. The van der Waals surface area contributed by atoms with Gasteiger partial charge in [-0.05, 0) is 43.4 Å². The number of carbonyl (C=O) groups is 2. The molecule has 6 heteroatoms. The zero-order chi connectivity index (χ0) is 15.6. The highest BCUT2D eigenvalue weighted by Crippen LogP contribution is 2.25. The normalized spacial score (nSPS) is 18.6. The first-order chi connectivity index (χ1) is 9.88. The van der Waals surface area contributed by atoms with Crippen molar-refractivity contribution in [3.05, 3.63) is 34.1 Å². The lowest BCUT2D eigenvalue weighted by molar-refractivity contribution is -0.138. The van der Waals surface area contributed by atoms with E-state index >= 15 is 0 Å². The molecule has 2 rings (SSSR count). The molecule has 1 unspecified atom stereocenters. The number of carboxylic acid groups (broad SMARTS) is 1. The predicted molar refractivity (Wildman–Crippen MR) is 77.0 cm³/mol. The van der Waals surface area contributed by atoms with Gasteiger partial charge in [-0.2, -0.15) is 0 Å². The zero-order valence-corrected chi connectivity index (χ0v) is 12.5. The van der Waals surface area contributed by atoms with Crippen molar-refractivity contribution in [1.29, 1.82) is 0 Å². The monoisotopic (exact) mass is 313 g/mol. The van der Waals surface area contributed by atoms with Crippen LogP contribution in [0.4, 0.5) is 4.39 Å². The maximum Gasteiger partial charge on any atom is 0.303 e. The summed E-state index contributed by atoms with van der Waals surface area (Å²) in [5.74, 6) is -1.74. The van der Waals surface area contributed by atoms with Gasteiger partial charge in [-0.25, -0.2) is 4.39 Å². The minimum absolute atomic E-state index is 0.0414. The number of likely N-dealkylation sites (tertiary alicyclic amines) is 1. The highest BCUT2D eigenvalue weighted by Gasteiger charge is 2.27. The number of hydrogen-bond donors (Lipinski definition) is 1. The molecule has 1 aromatic carbocycles. The van der Waals surface area contributed by atoms with Crippen molar-refractivity contribution in [2.75, 3.05) is 13.1 Å². The van der Waals surface area contributed by atoms with Gasteiger partial charge in [-0.3, -0.25) is 9.59 Å². The molecule has 114 valence electrons. The van der Waals surface area contributed by atoms with Crippen molar-refractivity contribution in [2.24, 2.45) is 5.92 Å². The molecule has 1 amide bonds. The Kier molecular flexibility index (Phi) is 4.83. The molecule has 1 atom stereocenters. The summed E-state index contributed by atoms with van der Waals surface area (Å²) in [6, 6.07) is 2.59. The second-order valence-corrected chi connectivity index (χ2v) is 5.85. The Labute approximate surface area is 127 Å². The van der Waals surface area contributed by atoms with Crippen LogP contribution in [0.2, 0.25) is 5.02 Å². The fourth-order valence-electron chi connectivity index (χ4n) is 2.64. The molecular formula is C15H17ClFNO3. The molecule has 0 saturated carbocycles. The Morgan fingerprint density at radius 1 is 1.48 bits per heavy atom. The van der Waals surface area contributed by atoms with Crippen molar-refractivity contribution in [3.8, 4) is 0 Å². The molecule has 1 aliphatic heterocycles. The molecule has 1 saturated heterocycles. The van der Waals surface area contributed by atoms with Crippen LogP contribution in [0.1, 0.15) is 35.2 Å². The number of aryl methyl sites for hydroxylation is 1. The summed E-state index contributed by atoms with van der Waals surface area (Å²) in [5, 5.41) is 9.07. The van der Waals surface area contributed by atoms with E-state index in [1.807, 2.05) is 0 Å². The minimum Gasteiger partial charge on any atom is -0.481 e. The van der Waals surface area contributed by atoms with Crippen molar-refractivity contribution < 1.29 is 19.1 Å². The second-order valence-electron chi connectivity index (χ2n) is 5.44. The third-order valence-electron chi connectivity index (χ3n) is 3.75. The average molecular weight is 314 g/mol. The molecular weight excluding hydrogens is 297 g/mol. The predicted octanol–water partition coefficient (Wildman–Crippen LogP) is 3.11. The molecule has 1 aliphatic rings. The van der Waals surface area contributed by atoms with E-state index in [1.165, 1.54) is 6.07 Å². The van der Waals surface area contributed by atoms with E-state index < -0.39 is 11.8 Å². The van der Waals surface area contributed by atoms with Crippen LogP contribution < -0.4 is 0 Å². The highest BCUT2D eigenvalue weighted by molar-refractivity contribution is 6.33. The van der Waals surface area contributed by atoms with Crippen molar-refractivity contribution in [1.82, 2.24) is 4.90 Å². The third kappa shape index (κ3) is 3.73. The average Bonchev–Trinajstić information content (AvgIpc) is 2.41. The summed E-state index contributed by atoms with van der Waals surface area (Å²) < 4.78 is 13.6. The lowest BCUT2D eigenvalue weighted by atomic mass is 9.94. The molecule has 1 aromatic rings. The van der Waals surface area contributed by atoms with E-state index in [0.717, 1.165) is 18.9 Å². The molecule has 21 heavy (non-hydrogen) atoms. The van der Waals surface area contributed by atoms with Crippen LogP contribution in [0.15, 0.2) is 12.1 Å². The van der Waals surface area contributed by atoms with Gasteiger partial charge in [0.05, 0.1) is 10.6 Å². The van der Waals surface area contributed by atoms with Gasteiger partial charge in [0.1, 0.15) is 5.82 Å². The Hall–Kier alpha value is -1.62. The quantitative estimate of drug-likeness (QED) is 0.932. The van der Waals surface area contributed by atoms with Gasteiger partial charge in [-0.15, -0.1) is 0 Å². The topological polar surface area (TPSA) is 57.6 Å². The molecule has 0 radical (unpaired) electrons. The first-order valence-corrected chi connectivity index (χ1v) is 7.23. The van der Waals surface area contributed by atoms with E-state index in [0.29, 0.717) is 18.7 Å². The summed E-state index contributed by atoms with van der Waals surface area (Å²) >= 11 is 6.03. The van der Waals surface area contributed by atoms with Gasteiger partial charge >= 0.3 is 5.97 Å². The van der Waals surface area contributed by atoms with Crippen LogP contribution in [-0.4, -0.2) is 35.0 Å². The van der Waals surface area contributed by atoms with Crippen LogP contribution in [0.25, 0.3) is 0 Å². The Balaban J connectivity index is 2.16. The molecule has 1 N–H and O–H groups in total. The Morgan fingerprint density at radius 3 is 2.86 bits per heavy atom. The van der Waals surface area contributed by atoms with Gasteiger partial charge in [0, 0.05) is 19.5 Å². The van der Waals surface area contributed by atoms with E-state index in [2.05, 4.69) is 0 Å². The van der Waals surface area contributed by atoms with Crippen LogP contribution in [-0.2, 0) is 4.79 Å². The fraction of sp³-hybridized carbons (Fsp3) is 0.467. The maximum absolute atomic E-state index is 13.6.